The van der Waals surface area contributed by atoms with E-state index in [1.54, 1.807) is 17.9 Å². The zero-order valence-electron chi connectivity index (χ0n) is 24.9. The minimum Gasteiger partial charge on any atom is -0.497 e. The average molecular weight is 577 g/mol. The van der Waals surface area contributed by atoms with Crippen molar-refractivity contribution in [1.82, 2.24) is 25.1 Å². The lowest BCUT2D eigenvalue weighted by atomic mass is 10.1. The molecule has 1 amide bonds. The number of carbonyl (C=O) groups excluding carboxylic acids is 1. The van der Waals surface area contributed by atoms with Crippen molar-refractivity contribution in [3.8, 4) is 22.9 Å². The number of nitrogens with zero attached hydrogens (tertiary/aromatic N) is 4. The topological polar surface area (TPSA) is 112 Å². The first-order chi connectivity index (χ1) is 19.4. The molecule has 0 aliphatic carbocycles. The smallest absolute Gasteiger partial charge is 0.258 e. The van der Waals surface area contributed by atoms with E-state index in [4.69, 9.17) is 24.2 Å². The molecule has 4 aromatic rings. The minimum atomic E-state index is -1.15. The SMILES string of the molecule is COc1ccc2nc(-c3cccc(OCC(=O)NC(C)(C)C)c3)nc(Nc3ccn(COCC[Si](C)(C)C)n3)c2c1. The number of aromatic nitrogens is 4. The molecule has 2 aromatic heterocycles. The van der Waals surface area contributed by atoms with E-state index in [1.807, 2.05) is 69.4 Å². The van der Waals surface area contributed by atoms with Crippen LogP contribution in [0.1, 0.15) is 20.8 Å². The Morgan fingerprint density at radius 3 is 2.56 bits per heavy atom. The first-order valence-corrected chi connectivity index (χ1v) is 17.4. The maximum absolute atomic E-state index is 12.2. The first kappa shape index (κ1) is 30.0. The summed E-state index contributed by atoms with van der Waals surface area (Å²) in [4.78, 5) is 21.9. The second kappa shape index (κ2) is 12.7. The van der Waals surface area contributed by atoms with Gasteiger partial charge >= 0.3 is 0 Å². The molecular weight excluding hydrogens is 536 g/mol. The van der Waals surface area contributed by atoms with Crippen molar-refractivity contribution in [2.75, 3.05) is 25.6 Å². The molecule has 0 radical (unpaired) electrons. The summed E-state index contributed by atoms with van der Waals surface area (Å²) in [6.45, 7) is 13.8. The second-order valence-electron chi connectivity index (χ2n) is 12.1. The number of rotatable bonds is 12. The lowest BCUT2D eigenvalue weighted by Gasteiger charge is -2.20. The monoisotopic (exact) mass is 576 g/mol. The van der Waals surface area contributed by atoms with Crippen LogP contribution < -0.4 is 20.1 Å². The van der Waals surface area contributed by atoms with Gasteiger partial charge in [0.1, 0.15) is 24.0 Å². The molecule has 0 unspecified atom stereocenters. The van der Waals surface area contributed by atoms with E-state index < -0.39 is 8.07 Å². The molecule has 0 spiro atoms. The van der Waals surface area contributed by atoms with Crippen LogP contribution in [0.25, 0.3) is 22.3 Å². The molecule has 0 aliphatic heterocycles. The van der Waals surface area contributed by atoms with Crippen LogP contribution in [0.3, 0.4) is 0 Å². The molecule has 0 saturated carbocycles. The number of carbonyl (C=O) groups is 1. The van der Waals surface area contributed by atoms with E-state index in [0.717, 1.165) is 29.1 Å². The molecule has 0 saturated heterocycles. The zero-order valence-corrected chi connectivity index (χ0v) is 25.9. The normalized spacial score (nSPS) is 11.9. The summed E-state index contributed by atoms with van der Waals surface area (Å²) < 4.78 is 18.8. The second-order valence-corrected chi connectivity index (χ2v) is 17.7. The van der Waals surface area contributed by atoms with Gasteiger partial charge in [-0.1, -0.05) is 31.8 Å². The van der Waals surface area contributed by atoms with Gasteiger partial charge in [0, 0.05) is 43.4 Å². The van der Waals surface area contributed by atoms with Gasteiger partial charge in [-0.2, -0.15) is 5.10 Å². The molecule has 2 aromatic carbocycles. The number of methoxy groups -OCH3 is 1. The number of hydrogen-bond donors (Lipinski definition) is 2. The molecule has 41 heavy (non-hydrogen) atoms. The fraction of sp³-hybridized carbons (Fsp3) is 0.400. The Hall–Kier alpha value is -3.96. The van der Waals surface area contributed by atoms with Crippen LogP contribution in [0.2, 0.25) is 25.7 Å². The molecule has 2 N–H and O–H groups in total. The highest BCUT2D eigenvalue weighted by atomic mass is 28.3. The number of fused-ring (bicyclic) bond motifs is 1. The lowest BCUT2D eigenvalue weighted by Crippen LogP contribution is -2.43. The maximum atomic E-state index is 12.2. The van der Waals surface area contributed by atoms with Crippen LogP contribution in [-0.4, -0.2) is 59.6 Å². The summed E-state index contributed by atoms with van der Waals surface area (Å²) in [5, 5.41) is 11.7. The van der Waals surface area contributed by atoms with E-state index in [2.05, 4.69) is 35.4 Å². The number of nitrogens with one attached hydrogen (secondary N) is 2. The molecule has 2 heterocycles. The van der Waals surface area contributed by atoms with E-state index >= 15 is 0 Å². The Kier molecular flexibility index (Phi) is 9.29. The molecule has 0 bridgehead atoms. The van der Waals surface area contributed by atoms with Gasteiger partial charge in [0.2, 0.25) is 0 Å². The molecule has 0 fully saturated rings. The van der Waals surface area contributed by atoms with Gasteiger partial charge in [-0.3, -0.25) is 4.79 Å². The fourth-order valence-electron chi connectivity index (χ4n) is 3.95. The largest absolute Gasteiger partial charge is 0.497 e. The van der Waals surface area contributed by atoms with Crippen molar-refractivity contribution in [3.05, 3.63) is 54.7 Å². The number of hydrogen-bond acceptors (Lipinski definition) is 8. The van der Waals surface area contributed by atoms with E-state index in [1.165, 1.54) is 0 Å². The van der Waals surface area contributed by atoms with Crippen LogP contribution in [-0.2, 0) is 16.3 Å². The van der Waals surface area contributed by atoms with Crippen molar-refractivity contribution < 1.29 is 19.0 Å². The van der Waals surface area contributed by atoms with Gasteiger partial charge in [-0.05, 0) is 57.1 Å². The lowest BCUT2D eigenvalue weighted by molar-refractivity contribution is -0.124. The minimum absolute atomic E-state index is 0.0869. The Balaban J connectivity index is 1.56. The van der Waals surface area contributed by atoms with Crippen molar-refractivity contribution in [2.24, 2.45) is 0 Å². The van der Waals surface area contributed by atoms with Crippen LogP contribution in [0, 0.1) is 0 Å². The quantitative estimate of drug-likeness (QED) is 0.160. The van der Waals surface area contributed by atoms with Gasteiger partial charge in [-0.25, -0.2) is 14.6 Å². The van der Waals surface area contributed by atoms with E-state index in [-0.39, 0.29) is 18.1 Å². The van der Waals surface area contributed by atoms with Gasteiger partial charge in [0.05, 0.1) is 12.6 Å². The Morgan fingerprint density at radius 2 is 1.83 bits per heavy atom. The van der Waals surface area contributed by atoms with Crippen LogP contribution >= 0.6 is 0 Å². The van der Waals surface area contributed by atoms with E-state index in [9.17, 15) is 4.79 Å². The standard InChI is InChI=1S/C30H40N6O4Si/c1-30(2,3)34-27(37)19-40-23-10-8-9-21(17-23)28-31-25-12-11-22(38-4)18-24(25)29(33-28)32-26-13-14-36(35-26)20-39-15-16-41(5,6)7/h8-14,17-18H,15-16,19-20H2,1-7H3,(H,34,37)(H,31,32,33,35). The zero-order chi connectivity index (χ0) is 29.6. The highest BCUT2D eigenvalue weighted by molar-refractivity contribution is 6.76. The predicted molar refractivity (Wildman–Crippen MR) is 165 cm³/mol. The summed E-state index contributed by atoms with van der Waals surface area (Å²) in [5.74, 6) is 2.78. The molecular formula is C30H40N6O4Si. The van der Waals surface area contributed by atoms with Gasteiger partial charge < -0.3 is 24.8 Å². The third kappa shape index (κ3) is 9.02. The molecule has 218 valence electrons. The van der Waals surface area contributed by atoms with Crippen LogP contribution in [0.4, 0.5) is 11.6 Å². The van der Waals surface area contributed by atoms with Gasteiger partial charge in [0.25, 0.3) is 5.91 Å². The van der Waals surface area contributed by atoms with Crippen molar-refractivity contribution in [2.45, 2.75) is 58.7 Å². The van der Waals surface area contributed by atoms with E-state index in [0.29, 0.717) is 35.7 Å². The van der Waals surface area contributed by atoms with Gasteiger partial charge in [0.15, 0.2) is 18.2 Å². The summed E-state index contributed by atoms with van der Waals surface area (Å²) in [6.07, 6.45) is 1.87. The van der Waals surface area contributed by atoms with Crippen molar-refractivity contribution in [1.29, 1.82) is 0 Å². The fourth-order valence-corrected chi connectivity index (χ4v) is 4.70. The summed E-state index contributed by atoms with van der Waals surface area (Å²) in [5.41, 5.74) is 1.16. The summed E-state index contributed by atoms with van der Waals surface area (Å²) >= 11 is 0. The van der Waals surface area contributed by atoms with Gasteiger partial charge in [-0.15, -0.1) is 0 Å². The highest BCUT2D eigenvalue weighted by Crippen LogP contribution is 2.31. The molecule has 0 aliphatic rings. The maximum Gasteiger partial charge on any atom is 0.258 e. The number of benzene rings is 2. The van der Waals surface area contributed by atoms with Crippen molar-refractivity contribution >= 4 is 36.5 Å². The Morgan fingerprint density at radius 1 is 1.02 bits per heavy atom. The predicted octanol–water partition coefficient (Wildman–Crippen LogP) is 5.85. The summed E-state index contributed by atoms with van der Waals surface area (Å²) in [6, 6.07) is 16.0. The summed E-state index contributed by atoms with van der Waals surface area (Å²) in [7, 11) is 0.477. The van der Waals surface area contributed by atoms with Crippen LogP contribution in [0.15, 0.2) is 54.7 Å². The molecule has 10 nitrogen and oxygen atoms in total. The molecule has 4 rings (SSSR count). The average Bonchev–Trinajstić information content (AvgIpc) is 3.35. The molecule has 11 heteroatoms. The third-order valence-corrected chi connectivity index (χ3v) is 7.69. The highest BCUT2D eigenvalue weighted by Gasteiger charge is 2.16. The first-order valence-electron chi connectivity index (χ1n) is 13.7. The number of anilines is 2. The molecule has 0 atom stereocenters. The van der Waals surface area contributed by atoms with Crippen molar-refractivity contribution in [3.63, 3.8) is 0 Å². The number of ether oxygens (including phenoxy) is 3. The van der Waals surface area contributed by atoms with Crippen LogP contribution in [0.5, 0.6) is 11.5 Å². The number of amides is 1. The Bertz CT molecular complexity index is 1490. The third-order valence-electron chi connectivity index (χ3n) is 5.99. The Labute approximate surface area is 242 Å².